The Labute approximate surface area is 730 Å². The van der Waals surface area contributed by atoms with Crippen molar-refractivity contribution < 1.29 is 48.0 Å². The van der Waals surface area contributed by atoms with Crippen LogP contribution >= 0.6 is 104 Å². The number of hydrogen-bond acceptors (Lipinski definition) is 19. The second-order valence-electron chi connectivity index (χ2n) is 28.4. The van der Waals surface area contributed by atoms with Crippen LogP contribution in [0.1, 0.15) is 205 Å². The highest BCUT2D eigenvalue weighted by atomic mass is 79.9. The van der Waals surface area contributed by atoms with E-state index in [0.29, 0.717) is 49.1 Å². The summed E-state index contributed by atoms with van der Waals surface area (Å²) in [7, 11) is 10.4. The van der Waals surface area contributed by atoms with Gasteiger partial charge in [0.1, 0.15) is 29.4 Å². The van der Waals surface area contributed by atoms with Crippen LogP contribution in [0.2, 0.25) is 0 Å². The van der Waals surface area contributed by atoms with Gasteiger partial charge in [-0.2, -0.15) is 0 Å². The molecule has 115 heavy (non-hydrogen) atoms. The Morgan fingerprint density at radius 2 is 0.878 bits per heavy atom. The summed E-state index contributed by atoms with van der Waals surface area (Å²) in [6.07, 6.45) is 31.4. The summed E-state index contributed by atoms with van der Waals surface area (Å²) in [5.41, 5.74) is 9.86. The van der Waals surface area contributed by atoms with Gasteiger partial charge in [0.15, 0.2) is 25.3 Å². The van der Waals surface area contributed by atoms with Crippen molar-refractivity contribution in [2.75, 3.05) is 37.6 Å². The maximum atomic E-state index is 12.6. The molecule has 1 amide bonds. The van der Waals surface area contributed by atoms with Crippen LogP contribution in [0.15, 0.2) is 150 Å². The number of thiazole rings is 3. The van der Waals surface area contributed by atoms with Crippen LogP contribution in [-0.2, 0) is 73.9 Å². The summed E-state index contributed by atoms with van der Waals surface area (Å²) in [6.45, 7) is 8.01. The highest BCUT2D eigenvalue weighted by Crippen LogP contribution is 2.26. The zero-order valence-electron chi connectivity index (χ0n) is 68.6. The van der Waals surface area contributed by atoms with E-state index in [1.54, 1.807) is 34.0 Å². The molecule has 4 aliphatic carbocycles. The van der Waals surface area contributed by atoms with E-state index in [9.17, 15) is 24.0 Å². The molecule has 7 aromatic rings. The molecule has 4 saturated carbocycles. The molecule has 0 atom stereocenters. The van der Waals surface area contributed by atoms with Crippen LogP contribution in [0.25, 0.3) is 0 Å². The number of halogens is 4. The number of methoxy groups -OCH3 is 2. The largest absolute Gasteiger partial charge is 0.481 e. The Morgan fingerprint density at radius 1 is 0.530 bits per heavy atom. The molecule has 4 aliphatic rings. The Hall–Kier alpha value is -7.27. The van der Waals surface area contributed by atoms with E-state index in [2.05, 4.69) is 57.2 Å². The molecule has 0 radical (unpaired) electrons. The third-order valence-corrected chi connectivity index (χ3v) is 22.3. The van der Waals surface area contributed by atoms with Crippen molar-refractivity contribution in [3.8, 4) is 23.0 Å². The Bertz CT molecular complexity index is 4130. The number of carboxylic acid groups (broad SMARTS) is 1. The van der Waals surface area contributed by atoms with Crippen molar-refractivity contribution >= 4 is 156 Å². The maximum absolute atomic E-state index is 12.6. The number of aromatic nitrogens is 3. The smallest absolute Gasteiger partial charge is 0.313 e. The van der Waals surface area contributed by atoms with Crippen molar-refractivity contribution in [1.82, 2.24) is 24.3 Å². The lowest BCUT2D eigenvalue weighted by Crippen LogP contribution is -2.39. The van der Waals surface area contributed by atoms with Crippen LogP contribution in [0.5, 0.6) is 23.0 Å². The minimum absolute atomic E-state index is 0. The number of hydrogen-bond donors (Lipinski definition) is 5. The molecule has 0 bridgehead atoms. The number of Topliss-reactive ketones (excluding diaryl/α,β-unsaturated/α-hetero) is 1. The van der Waals surface area contributed by atoms with Crippen molar-refractivity contribution in [3.05, 3.63) is 157 Å². The van der Waals surface area contributed by atoms with Crippen molar-refractivity contribution in [2.45, 2.75) is 244 Å². The number of alkyl halides is 1. The number of ether oxygens (including phenoxy) is 4. The average Bonchev–Trinajstić information content (AvgIpc) is 1.73. The molecule has 4 fully saturated rings. The second kappa shape index (κ2) is 61.1. The molecule has 3 heterocycles. The van der Waals surface area contributed by atoms with Gasteiger partial charge >= 0.3 is 17.9 Å². The number of benzene rings is 4. The summed E-state index contributed by atoms with van der Waals surface area (Å²) in [5, 5.41) is 25.0. The Kier molecular flexibility index (Phi) is 55.2. The molecular weight excluding hydrogens is 1710 g/mol. The average molecular weight is 1830 g/mol. The van der Waals surface area contributed by atoms with Gasteiger partial charge in [0, 0.05) is 78.8 Å². The molecule has 0 unspecified atom stereocenters. The molecule has 6 N–H and O–H groups in total. The summed E-state index contributed by atoms with van der Waals surface area (Å²) in [5.74, 6) is 1.47. The Balaban J connectivity index is 0.000000474. The monoisotopic (exact) mass is 1830 g/mol. The first-order chi connectivity index (χ1) is 54.0. The number of nitrogen functional groups attached to an aromatic ring is 1. The van der Waals surface area contributed by atoms with Crippen molar-refractivity contribution in [2.24, 2.45) is 46.1 Å². The first kappa shape index (κ1) is 104. The standard InChI is InChI=1S/C25H29N3O2S.C14H22N2O2S.C13H20N2O2S.C12H11NO.C9H18N2S.C7H14N2.C5H7BrO3.BrH.2ClH/c1-28-21(18-31-25(28)27-19-9-5-2-3-6-10-19)17-24(29)26-20-13-15-23(16-14-20)30-22-11-7-4-8-12-22;1-16-12(9-13(17)18-2)10-19-14(16)15-11-7-5-3-4-6-8-11;1-15-11(8-12(16)17)9-18-13(15)14-10-6-4-2-3-5-7-10;13-10-6-8-12(9-7-10)14-11-4-2-1-3-5-11;1-10-9(12)11-8-6-4-2-3-5-7-8;1-6(2)8-5-9-7(3)4;1-9-5(8)2-4(7)3-6;;;/h4,7-8,11-16,18-19H,2-3,5-6,9-10,17H2,1H3,(H,26,29);10-11H,3-9H2,1-2H3;9-10H,2-8H2,1H3,(H,16,17);1-9H,13H2;8H,2-7H2,1H3,(H2,10,11,12);6-7H,1-4H3;2-3H2,1H3;3*1H. The number of aliphatic imine (C=N–C) groups is 2. The zero-order valence-corrected chi connectivity index (χ0v) is 76.8. The van der Waals surface area contributed by atoms with E-state index in [0.717, 1.165) is 71.0 Å². The maximum Gasteiger partial charge on any atom is 0.313 e. The van der Waals surface area contributed by atoms with Gasteiger partial charge in [-0.15, -0.1) is 75.8 Å². The predicted molar refractivity (Wildman–Crippen MR) is 487 cm³/mol. The first-order valence-corrected chi connectivity index (χ1v) is 43.5. The number of carboxylic acids is 1. The fraction of sp³-hybridized carbons (Fsp3) is 0.529. The third kappa shape index (κ3) is 44.8. The lowest BCUT2D eigenvalue weighted by atomic mass is 10.1. The summed E-state index contributed by atoms with van der Waals surface area (Å²) >= 11 is 12.8. The fourth-order valence-corrected chi connectivity index (χ4v) is 15.3. The highest BCUT2D eigenvalue weighted by molar-refractivity contribution is 9.09. The lowest BCUT2D eigenvalue weighted by molar-refractivity contribution is -0.143. The normalized spacial score (nSPS) is 14.8. The number of para-hydroxylation sites is 2. The van der Waals surface area contributed by atoms with Gasteiger partial charge in [-0.05, 0) is 164 Å². The summed E-state index contributed by atoms with van der Waals surface area (Å²) in [4.78, 5) is 80.9. The Morgan fingerprint density at radius 3 is 1.23 bits per heavy atom. The van der Waals surface area contributed by atoms with Gasteiger partial charge in [-0.1, -0.05) is 155 Å². The summed E-state index contributed by atoms with van der Waals surface area (Å²) < 4.78 is 26.3. The van der Waals surface area contributed by atoms with Crippen LogP contribution in [0, 0.1) is 0 Å². The first-order valence-electron chi connectivity index (χ1n) is 39.3. The number of ketones is 1. The van der Waals surface area contributed by atoms with Crippen LogP contribution < -0.4 is 45.6 Å². The fourth-order valence-electron chi connectivity index (χ4n) is 12.0. The molecule has 30 heteroatoms. The minimum atomic E-state index is -0.788. The minimum Gasteiger partial charge on any atom is -0.481 e. The molecule has 636 valence electrons. The number of aliphatic carboxylic acids is 1. The molecule has 0 aliphatic heterocycles. The van der Waals surface area contributed by atoms with Gasteiger partial charge in [-0.25, -0.2) is 9.98 Å². The van der Waals surface area contributed by atoms with E-state index in [1.807, 2.05) is 190 Å². The number of carbonyl (C=O) groups is 5. The van der Waals surface area contributed by atoms with Gasteiger partial charge in [0.25, 0.3) is 0 Å². The number of rotatable bonds is 20. The van der Waals surface area contributed by atoms with Gasteiger partial charge in [0.2, 0.25) is 5.91 Å². The predicted octanol–water partition coefficient (Wildman–Crippen LogP) is 19.2. The van der Waals surface area contributed by atoms with E-state index < -0.39 is 11.9 Å². The van der Waals surface area contributed by atoms with E-state index in [-0.39, 0.29) is 77.6 Å². The molecule has 0 saturated heterocycles. The van der Waals surface area contributed by atoms with Crippen LogP contribution in [0.4, 0.5) is 11.4 Å². The van der Waals surface area contributed by atoms with E-state index in [1.165, 1.54) is 168 Å². The number of nitrogens with zero attached hydrogens (tertiary/aromatic N) is 8. The second-order valence-corrected chi connectivity index (χ2v) is 31.9. The van der Waals surface area contributed by atoms with Crippen LogP contribution in [-0.4, -0.2) is 122 Å². The molecule has 22 nitrogen and oxygen atoms in total. The quantitative estimate of drug-likeness (QED) is 0.00903. The van der Waals surface area contributed by atoms with Gasteiger partial charge in [0.05, 0.1) is 75.0 Å². The van der Waals surface area contributed by atoms with Crippen molar-refractivity contribution in [1.29, 1.82) is 0 Å². The zero-order chi connectivity index (χ0) is 81.3. The molecule has 0 spiro atoms. The van der Waals surface area contributed by atoms with Gasteiger partial charge in [-0.3, -0.25) is 38.9 Å². The third-order valence-electron chi connectivity index (χ3n) is 18.4. The molecule has 4 aromatic carbocycles. The molecule has 3 aromatic heterocycles. The topological polar surface area (TPSA) is 281 Å². The number of nitrogens with one attached hydrogen (secondary N) is 3. The number of esters is 2. The highest BCUT2D eigenvalue weighted by Gasteiger charge is 2.18. The van der Waals surface area contributed by atoms with E-state index in [4.69, 9.17) is 52.2 Å². The number of nitrogens with two attached hydrogens (primary N) is 1. The van der Waals surface area contributed by atoms with Crippen LogP contribution in [0.3, 0.4) is 0 Å². The SMILES string of the molecule is Br.CC(C)N=C=NC(C)C.CNC(=S)NC1CCCCCC1.COC(=O)CC(=O)CBr.COC(=O)Cc1csc(=NC2CCCCCC2)n1C.Cl.Cl.Cn1c(CC(=O)Nc2ccc(Oc3ccccc3)cc2)csc1=NC1CCCCCC1.Cn1c(CC(=O)O)csc1=NC1CCCCCC1.Nc1ccc(Oc2ccccc2)cc1. The molecule has 11 rings (SSSR count). The summed E-state index contributed by atoms with van der Waals surface area (Å²) in [6, 6.07) is 39.2. The lowest BCUT2D eigenvalue weighted by Gasteiger charge is -2.17. The van der Waals surface area contributed by atoms with Gasteiger partial charge < -0.3 is 59.4 Å². The number of anilines is 2. The molecular formula is C85H124Br2Cl2N12O10S4. The van der Waals surface area contributed by atoms with Crippen molar-refractivity contribution in [3.63, 3.8) is 0 Å². The van der Waals surface area contributed by atoms with E-state index >= 15 is 0 Å². The number of carbonyl (C=O) groups excluding carboxylic acids is 4. The number of amides is 1. The number of thiocarbonyl (C=S) groups is 1.